The van der Waals surface area contributed by atoms with E-state index in [1.807, 2.05) is 13.0 Å². The van der Waals surface area contributed by atoms with Crippen molar-refractivity contribution in [3.05, 3.63) is 45.7 Å². The Morgan fingerprint density at radius 1 is 1.22 bits per heavy atom. The summed E-state index contributed by atoms with van der Waals surface area (Å²) in [6.07, 6.45) is 0. The highest BCUT2D eigenvalue weighted by atomic mass is 35.5. The molecule has 1 aromatic carbocycles. The molecule has 18 heavy (non-hydrogen) atoms. The lowest BCUT2D eigenvalue weighted by atomic mass is 10.3. The molecule has 0 aliphatic heterocycles. The minimum absolute atomic E-state index is 0.389. The van der Waals surface area contributed by atoms with Gasteiger partial charge in [0.15, 0.2) is 5.16 Å². The molecule has 0 radical (unpaired) electrons. The van der Waals surface area contributed by atoms with Gasteiger partial charge in [-0.2, -0.15) is 0 Å². The largest absolute Gasteiger partial charge is 0.325 e. The summed E-state index contributed by atoms with van der Waals surface area (Å²) in [6, 6.07) is 7.16. The predicted molar refractivity (Wildman–Crippen MR) is 75.2 cm³/mol. The van der Waals surface area contributed by atoms with Crippen LogP contribution in [0.1, 0.15) is 11.4 Å². The van der Waals surface area contributed by atoms with E-state index >= 15 is 0 Å². The average molecular weight is 300 g/mol. The summed E-state index contributed by atoms with van der Waals surface area (Å²) in [5.74, 6) is 0. The maximum atomic E-state index is 6.10. The molecule has 1 heterocycles. The highest BCUT2D eigenvalue weighted by molar-refractivity contribution is 7.99. The van der Waals surface area contributed by atoms with Crippen molar-refractivity contribution in [2.24, 2.45) is 5.73 Å². The molecule has 1 aromatic heterocycles. The predicted octanol–water partition coefficient (Wildman–Crippen LogP) is 3.70. The van der Waals surface area contributed by atoms with Gasteiger partial charge in [0.05, 0.1) is 10.7 Å². The fraction of sp³-hybridized carbons (Fsp3) is 0.167. The molecule has 0 aliphatic rings. The molecular formula is C12H11Cl2N3S. The standard InChI is InChI=1S/C12H11Cl2N3S/c1-7-4-9(6-15)17-12(16-7)18-11-5-8(13)2-3-10(11)14/h2-5H,6,15H2,1H3. The fourth-order valence-corrected chi connectivity index (χ4v) is 2.78. The van der Waals surface area contributed by atoms with Crippen molar-refractivity contribution in [1.29, 1.82) is 0 Å². The third-order valence-corrected chi connectivity index (χ3v) is 3.79. The second kappa shape index (κ2) is 5.89. The van der Waals surface area contributed by atoms with Gasteiger partial charge in [-0.15, -0.1) is 0 Å². The van der Waals surface area contributed by atoms with Crippen LogP contribution in [0.25, 0.3) is 0 Å². The van der Waals surface area contributed by atoms with Crippen LogP contribution in [-0.2, 0) is 6.54 Å². The Kier molecular flexibility index (Phi) is 4.45. The van der Waals surface area contributed by atoms with E-state index in [0.29, 0.717) is 21.7 Å². The van der Waals surface area contributed by atoms with Gasteiger partial charge < -0.3 is 5.73 Å². The van der Waals surface area contributed by atoms with E-state index in [0.717, 1.165) is 16.3 Å². The smallest absolute Gasteiger partial charge is 0.192 e. The SMILES string of the molecule is Cc1cc(CN)nc(Sc2cc(Cl)ccc2Cl)n1. The first-order valence-electron chi connectivity index (χ1n) is 5.26. The molecule has 2 N–H and O–H groups in total. The number of rotatable bonds is 3. The van der Waals surface area contributed by atoms with Crippen LogP contribution in [0.15, 0.2) is 34.3 Å². The fourth-order valence-electron chi connectivity index (χ4n) is 1.41. The summed E-state index contributed by atoms with van der Waals surface area (Å²) < 4.78 is 0. The van der Waals surface area contributed by atoms with Gasteiger partial charge in [0.25, 0.3) is 0 Å². The van der Waals surface area contributed by atoms with Gasteiger partial charge in [-0.1, -0.05) is 23.2 Å². The maximum absolute atomic E-state index is 6.10. The molecule has 0 unspecified atom stereocenters. The molecular weight excluding hydrogens is 289 g/mol. The Morgan fingerprint density at radius 2 is 2.00 bits per heavy atom. The Balaban J connectivity index is 2.33. The number of halogens is 2. The molecule has 0 saturated heterocycles. The van der Waals surface area contributed by atoms with Crippen molar-refractivity contribution in [3.63, 3.8) is 0 Å². The third-order valence-electron chi connectivity index (χ3n) is 2.19. The van der Waals surface area contributed by atoms with E-state index in [9.17, 15) is 0 Å². The molecule has 2 aromatic rings. The van der Waals surface area contributed by atoms with Crippen LogP contribution in [0.3, 0.4) is 0 Å². The first-order valence-corrected chi connectivity index (χ1v) is 6.83. The Labute approximate surface area is 120 Å². The molecule has 3 nitrogen and oxygen atoms in total. The average Bonchev–Trinajstić information content (AvgIpc) is 2.33. The first kappa shape index (κ1) is 13.6. The van der Waals surface area contributed by atoms with Gasteiger partial charge in [0, 0.05) is 22.2 Å². The highest BCUT2D eigenvalue weighted by Gasteiger charge is 2.07. The van der Waals surface area contributed by atoms with Crippen LogP contribution in [0.4, 0.5) is 0 Å². The second-order valence-corrected chi connectivity index (χ2v) is 5.52. The molecule has 0 bridgehead atoms. The third kappa shape index (κ3) is 3.36. The number of aromatic nitrogens is 2. The van der Waals surface area contributed by atoms with E-state index < -0.39 is 0 Å². The minimum atomic E-state index is 0.389. The molecule has 0 saturated carbocycles. The zero-order chi connectivity index (χ0) is 13.1. The highest BCUT2D eigenvalue weighted by Crippen LogP contribution is 2.33. The summed E-state index contributed by atoms with van der Waals surface area (Å²) in [7, 11) is 0. The van der Waals surface area contributed by atoms with E-state index in [4.69, 9.17) is 28.9 Å². The normalized spacial score (nSPS) is 10.7. The van der Waals surface area contributed by atoms with Crippen molar-refractivity contribution in [3.8, 4) is 0 Å². The maximum Gasteiger partial charge on any atom is 0.192 e. The van der Waals surface area contributed by atoms with E-state index in [1.54, 1.807) is 18.2 Å². The van der Waals surface area contributed by atoms with Crippen LogP contribution in [0.5, 0.6) is 0 Å². The van der Waals surface area contributed by atoms with Crippen LogP contribution in [0.2, 0.25) is 10.0 Å². The van der Waals surface area contributed by atoms with Gasteiger partial charge in [0.2, 0.25) is 0 Å². The van der Waals surface area contributed by atoms with Crippen molar-refractivity contribution in [2.45, 2.75) is 23.5 Å². The molecule has 6 heteroatoms. The zero-order valence-electron chi connectivity index (χ0n) is 9.65. The molecule has 0 fully saturated rings. The van der Waals surface area contributed by atoms with Crippen molar-refractivity contribution in [2.75, 3.05) is 0 Å². The minimum Gasteiger partial charge on any atom is -0.325 e. The van der Waals surface area contributed by atoms with Gasteiger partial charge in [0.1, 0.15) is 0 Å². The van der Waals surface area contributed by atoms with Gasteiger partial charge in [-0.3, -0.25) is 0 Å². The lowest BCUT2D eigenvalue weighted by molar-refractivity contribution is 0.854. The van der Waals surface area contributed by atoms with E-state index in [2.05, 4.69) is 9.97 Å². The first-order chi connectivity index (χ1) is 8.58. The van der Waals surface area contributed by atoms with Gasteiger partial charge in [-0.25, -0.2) is 9.97 Å². The van der Waals surface area contributed by atoms with Crippen LogP contribution in [-0.4, -0.2) is 9.97 Å². The lowest BCUT2D eigenvalue weighted by Gasteiger charge is -2.06. The zero-order valence-corrected chi connectivity index (χ0v) is 12.0. The second-order valence-electron chi connectivity index (χ2n) is 3.66. The van der Waals surface area contributed by atoms with Gasteiger partial charge in [-0.05, 0) is 43.0 Å². The molecule has 94 valence electrons. The quantitative estimate of drug-likeness (QED) is 0.878. The number of hydrogen-bond donors (Lipinski definition) is 1. The van der Waals surface area contributed by atoms with Crippen molar-refractivity contribution in [1.82, 2.24) is 9.97 Å². The van der Waals surface area contributed by atoms with Crippen LogP contribution < -0.4 is 5.73 Å². The van der Waals surface area contributed by atoms with E-state index in [1.165, 1.54) is 11.8 Å². The summed E-state index contributed by atoms with van der Waals surface area (Å²) in [6.45, 7) is 2.30. The molecule has 0 atom stereocenters. The number of hydrogen-bond acceptors (Lipinski definition) is 4. The Morgan fingerprint density at radius 3 is 2.72 bits per heavy atom. The van der Waals surface area contributed by atoms with Gasteiger partial charge >= 0.3 is 0 Å². The summed E-state index contributed by atoms with van der Waals surface area (Å²) >= 11 is 13.4. The number of nitrogens with zero attached hydrogens (tertiary/aromatic N) is 2. The van der Waals surface area contributed by atoms with Crippen LogP contribution >= 0.6 is 35.0 Å². The number of aryl methyl sites for hydroxylation is 1. The summed E-state index contributed by atoms with van der Waals surface area (Å²) in [5, 5.41) is 1.89. The molecule has 0 aliphatic carbocycles. The Bertz CT molecular complexity index is 575. The molecule has 0 amide bonds. The van der Waals surface area contributed by atoms with Crippen LogP contribution in [0, 0.1) is 6.92 Å². The van der Waals surface area contributed by atoms with Crippen molar-refractivity contribution >= 4 is 35.0 Å². The Hall–Kier alpha value is -0.810. The number of benzene rings is 1. The molecule has 2 rings (SSSR count). The lowest BCUT2D eigenvalue weighted by Crippen LogP contribution is -2.02. The van der Waals surface area contributed by atoms with Crippen molar-refractivity contribution < 1.29 is 0 Å². The summed E-state index contributed by atoms with van der Waals surface area (Å²) in [5.41, 5.74) is 7.28. The monoisotopic (exact) mass is 299 g/mol. The van der Waals surface area contributed by atoms with E-state index in [-0.39, 0.29) is 0 Å². The topological polar surface area (TPSA) is 51.8 Å². The number of nitrogens with two attached hydrogens (primary N) is 1. The molecule has 0 spiro atoms. The summed E-state index contributed by atoms with van der Waals surface area (Å²) in [4.78, 5) is 9.52.